The van der Waals surface area contributed by atoms with Gasteiger partial charge in [-0.1, -0.05) is 6.07 Å². The molecule has 2 fully saturated rings. The molecule has 154 valence electrons. The Kier molecular flexibility index (Phi) is 6.34. The Morgan fingerprint density at radius 2 is 1.93 bits per heavy atom. The zero-order valence-corrected chi connectivity index (χ0v) is 16.9. The topological polar surface area (TPSA) is 57.3 Å². The van der Waals surface area contributed by atoms with E-state index in [0.717, 1.165) is 70.4 Å². The van der Waals surface area contributed by atoms with Gasteiger partial charge in [0.1, 0.15) is 0 Å². The average Bonchev–Trinajstić information content (AvgIpc) is 3.16. The third-order valence-corrected chi connectivity index (χ3v) is 6.05. The van der Waals surface area contributed by atoms with Crippen LogP contribution in [-0.4, -0.2) is 85.8 Å². The highest BCUT2D eigenvalue weighted by molar-refractivity contribution is 5.72. The molecule has 3 aliphatic rings. The molecule has 3 aliphatic heterocycles. The third kappa shape index (κ3) is 4.96. The number of fused-ring (bicyclic) bond motifs is 1. The van der Waals surface area contributed by atoms with E-state index in [1.165, 1.54) is 18.4 Å². The van der Waals surface area contributed by atoms with Gasteiger partial charge < -0.3 is 19.7 Å². The molecule has 3 heterocycles. The van der Waals surface area contributed by atoms with Crippen molar-refractivity contribution in [2.45, 2.75) is 32.4 Å². The monoisotopic (exact) mass is 388 g/mol. The Labute approximate surface area is 167 Å². The summed E-state index contributed by atoms with van der Waals surface area (Å²) < 4.78 is 10.9. The molecule has 0 aliphatic carbocycles. The van der Waals surface area contributed by atoms with E-state index in [2.05, 4.69) is 32.1 Å². The van der Waals surface area contributed by atoms with Gasteiger partial charge in [0.05, 0.1) is 0 Å². The number of hydrogen-bond acceptors (Lipinski definition) is 6. The fraction of sp³-hybridized carbons (Fsp3) is 0.667. The van der Waals surface area contributed by atoms with E-state index in [-0.39, 0.29) is 5.91 Å². The predicted octanol–water partition coefficient (Wildman–Crippen LogP) is 1.13. The molecule has 0 radical (unpaired) electrons. The molecule has 7 heteroatoms. The van der Waals surface area contributed by atoms with Crippen molar-refractivity contribution in [1.82, 2.24) is 20.0 Å². The highest BCUT2D eigenvalue weighted by atomic mass is 16.7. The molecule has 1 N–H and O–H groups in total. The lowest BCUT2D eigenvalue weighted by Crippen LogP contribution is -2.55. The molecule has 0 saturated carbocycles. The Morgan fingerprint density at radius 1 is 1.11 bits per heavy atom. The van der Waals surface area contributed by atoms with Crippen molar-refractivity contribution in [3.05, 3.63) is 23.8 Å². The lowest BCUT2D eigenvalue weighted by Gasteiger charge is -2.43. The lowest BCUT2D eigenvalue weighted by molar-refractivity contribution is -0.119. The van der Waals surface area contributed by atoms with Gasteiger partial charge >= 0.3 is 0 Å². The number of benzene rings is 1. The van der Waals surface area contributed by atoms with Crippen molar-refractivity contribution in [1.29, 1.82) is 0 Å². The number of nitrogens with one attached hydrogen (secondary N) is 1. The lowest BCUT2D eigenvalue weighted by atomic mass is 10.0. The second-order valence-corrected chi connectivity index (χ2v) is 8.08. The number of carbonyl (C=O) groups excluding carboxylic acids is 1. The molecule has 0 aromatic heterocycles. The van der Waals surface area contributed by atoms with Gasteiger partial charge in [0.15, 0.2) is 11.5 Å². The highest BCUT2D eigenvalue weighted by Crippen LogP contribution is 2.33. The van der Waals surface area contributed by atoms with Crippen LogP contribution in [0.2, 0.25) is 0 Å². The maximum Gasteiger partial charge on any atom is 0.231 e. The van der Waals surface area contributed by atoms with Crippen LogP contribution in [0.3, 0.4) is 0 Å². The first-order valence-electron chi connectivity index (χ1n) is 10.5. The van der Waals surface area contributed by atoms with Crippen molar-refractivity contribution in [3.8, 4) is 11.5 Å². The van der Waals surface area contributed by atoms with E-state index < -0.39 is 0 Å². The van der Waals surface area contributed by atoms with E-state index in [0.29, 0.717) is 12.8 Å². The van der Waals surface area contributed by atoms with Crippen LogP contribution in [0.1, 0.15) is 25.3 Å². The van der Waals surface area contributed by atoms with E-state index in [9.17, 15) is 4.79 Å². The molecule has 7 nitrogen and oxygen atoms in total. The summed E-state index contributed by atoms with van der Waals surface area (Å²) in [5.74, 6) is 1.79. The summed E-state index contributed by atoms with van der Waals surface area (Å²) in [4.78, 5) is 18.8. The van der Waals surface area contributed by atoms with E-state index in [1.807, 2.05) is 6.07 Å². The minimum atomic E-state index is 0.0622. The first kappa shape index (κ1) is 19.5. The zero-order chi connectivity index (χ0) is 19.3. The average molecular weight is 389 g/mol. The quantitative estimate of drug-likeness (QED) is 0.789. The normalized spacial score (nSPS) is 23.7. The molecule has 0 bridgehead atoms. The summed E-state index contributed by atoms with van der Waals surface area (Å²) in [6, 6.07) is 6.93. The van der Waals surface area contributed by atoms with Gasteiger partial charge in [0.25, 0.3) is 0 Å². The number of amides is 1. The number of rotatable bonds is 6. The van der Waals surface area contributed by atoms with Crippen molar-refractivity contribution in [3.63, 3.8) is 0 Å². The number of piperazine rings is 1. The van der Waals surface area contributed by atoms with Crippen LogP contribution in [0.15, 0.2) is 18.2 Å². The van der Waals surface area contributed by atoms with Gasteiger partial charge in [0, 0.05) is 65.3 Å². The molecule has 1 atom stereocenters. The fourth-order valence-corrected chi connectivity index (χ4v) is 4.51. The molecule has 1 amide bonds. The highest BCUT2D eigenvalue weighted by Gasteiger charge is 2.28. The van der Waals surface area contributed by atoms with E-state index in [4.69, 9.17) is 9.47 Å². The van der Waals surface area contributed by atoms with Crippen LogP contribution in [0.25, 0.3) is 0 Å². The first-order valence-corrected chi connectivity index (χ1v) is 10.5. The number of carbonyl (C=O) groups is 1. The van der Waals surface area contributed by atoms with Crippen molar-refractivity contribution >= 4 is 5.91 Å². The maximum atomic E-state index is 11.1. The Balaban J connectivity index is 1.22. The summed E-state index contributed by atoms with van der Waals surface area (Å²) in [6.07, 6.45) is 2.54. The molecule has 1 aromatic carbocycles. The summed E-state index contributed by atoms with van der Waals surface area (Å²) in [5.41, 5.74) is 1.29. The minimum absolute atomic E-state index is 0.0622. The molecule has 2 saturated heterocycles. The van der Waals surface area contributed by atoms with Crippen molar-refractivity contribution < 1.29 is 14.3 Å². The van der Waals surface area contributed by atoms with Gasteiger partial charge in [-0.25, -0.2) is 0 Å². The van der Waals surface area contributed by atoms with Crippen LogP contribution < -0.4 is 14.8 Å². The largest absolute Gasteiger partial charge is 0.454 e. The zero-order valence-electron chi connectivity index (χ0n) is 16.9. The third-order valence-electron chi connectivity index (χ3n) is 6.05. The molecule has 1 aromatic rings. The predicted molar refractivity (Wildman–Crippen MR) is 108 cm³/mol. The first-order chi connectivity index (χ1) is 13.7. The molecule has 0 spiro atoms. The van der Waals surface area contributed by atoms with Gasteiger partial charge in [0.2, 0.25) is 12.7 Å². The van der Waals surface area contributed by atoms with E-state index in [1.54, 1.807) is 6.92 Å². The number of ether oxygens (including phenoxy) is 2. The summed E-state index contributed by atoms with van der Waals surface area (Å²) in [5, 5.41) is 2.91. The second-order valence-electron chi connectivity index (χ2n) is 8.08. The smallest absolute Gasteiger partial charge is 0.231 e. The minimum Gasteiger partial charge on any atom is -0.454 e. The van der Waals surface area contributed by atoms with Crippen LogP contribution in [0.4, 0.5) is 0 Å². The van der Waals surface area contributed by atoms with Crippen molar-refractivity contribution in [2.24, 2.45) is 0 Å². The Morgan fingerprint density at radius 3 is 2.75 bits per heavy atom. The SMILES string of the molecule is CC(=O)NCCN1CCC[C@@H](N2CCN(Cc3ccc4c(c3)OCO4)CC2)C1. The van der Waals surface area contributed by atoms with Crippen LogP contribution >= 0.6 is 0 Å². The second kappa shape index (κ2) is 9.11. The van der Waals surface area contributed by atoms with Gasteiger partial charge in [-0.3, -0.25) is 14.6 Å². The maximum absolute atomic E-state index is 11.1. The number of nitrogens with zero attached hydrogens (tertiary/aromatic N) is 3. The van der Waals surface area contributed by atoms with Crippen molar-refractivity contribution in [2.75, 3.05) is 59.2 Å². The summed E-state index contributed by atoms with van der Waals surface area (Å²) in [6.45, 7) is 11.4. The van der Waals surface area contributed by atoms with Gasteiger partial charge in [-0.2, -0.15) is 0 Å². The standard InChI is InChI=1S/C21H32N4O3/c1-17(26)22-6-8-23-7-2-3-19(15-23)25-11-9-24(10-12-25)14-18-4-5-20-21(13-18)28-16-27-20/h4-5,13,19H,2-3,6-12,14-16H2,1H3,(H,22,26)/t19-/m1/s1. The number of hydrogen-bond donors (Lipinski definition) is 1. The molecular weight excluding hydrogens is 356 g/mol. The number of piperidine rings is 1. The molecule has 0 unspecified atom stereocenters. The molecule has 28 heavy (non-hydrogen) atoms. The Hall–Kier alpha value is -1.83. The fourth-order valence-electron chi connectivity index (χ4n) is 4.51. The van der Waals surface area contributed by atoms with Crippen LogP contribution in [0.5, 0.6) is 11.5 Å². The van der Waals surface area contributed by atoms with Crippen LogP contribution in [-0.2, 0) is 11.3 Å². The summed E-state index contributed by atoms with van der Waals surface area (Å²) >= 11 is 0. The molecule has 4 rings (SSSR count). The van der Waals surface area contributed by atoms with Gasteiger partial charge in [-0.05, 0) is 37.1 Å². The summed E-state index contributed by atoms with van der Waals surface area (Å²) in [7, 11) is 0. The molecular formula is C21H32N4O3. The van der Waals surface area contributed by atoms with Crippen LogP contribution in [0, 0.1) is 0 Å². The Bertz CT molecular complexity index is 676. The van der Waals surface area contributed by atoms with Gasteiger partial charge in [-0.15, -0.1) is 0 Å². The van der Waals surface area contributed by atoms with E-state index >= 15 is 0 Å². The number of likely N-dealkylation sites (tertiary alicyclic amines) is 1.